The van der Waals surface area contributed by atoms with E-state index < -0.39 is 0 Å². The molecule has 0 aliphatic heterocycles. The van der Waals surface area contributed by atoms with Crippen molar-refractivity contribution in [2.45, 2.75) is 26.2 Å². The summed E-state index contributed by atoms with van der Waals surface area (Å²) >= 11 is 0. The zero-order valence-corrected chi connectivity index (χ0v) is 10.7. The van der Waals surface area contributed by atoms with Gasteiger partial charge >= 0.3 is 5.97 Å². The van der Waals surface area contributed by atoms with E-state index in [4.69, 9.17) is 4.74 Å². The molecule has 0 bridgehead atoms. The van der Waals surface area contributed by atoms with E-state index >= 15 is 0 Å². The Morgan fingerprint density at radius 2 is 2.11 bits per heavy atom. The highest BCUT2D eigenvalue weighted by atomic mass is 16.5. The molecule has 0 spiro atoms. The van der Waals surface area contributed by atoms with Crippen LogP contribution in [0, 0.1) is 0 Å². The molecule has 1 atom stereocenters. The van der Waals surface area contributed by atoms with Gasteiger partial charge in [0, 0.05) is 11.6 Å². The van der Waals surface area contributed by atoms with Crippen LogP contribution >= 0.6 is 0 Å². The number of aromatic nitrogens is 1. The Bertz CT molecular complexity index is 546. The molecular weight excluding hydrogens is 226 g/mol. The molecule has 18 heavy (non-hydrogen) atoms. The molecular formula is C15H17NO2. The Kier molecular flexibility index (Phi) is 3.92. The van der Waals surface area contributed by atoms with Gasteiger partial charge in [-0.25, -0.2) is 0 Å². The summed E-state index contributed by atoms with van der Waals surface area (Å²) in [5.74, 6) is -0.366. The quantitative estimate of drug-likeness (QED) is 0.773. The van der Waals surface area contributed by atoms with Crippen LogP contribution in [0.2, 0.25) is 0 Å². The summed E-state index contributed by atoms with van der Waals surface area (Å²) in [6, 6.07) is 9.77. The number of nitrogens with zero attached hydrogens (tertiary/aromatic N) is 1. The predicted molar refractivity (Wildman–Crippen MR) is 71.4 cm³/mol. The largest absolute Gasteiger partial charge is 0.466 e. The molecule has 0 saturated carbocycles. The smallest absolute Gasteiger partial charge is 0.313 e. The molecule has 0 amide bonds. The predicted octanol–water partition coefficient (Wildman–Crippen LogP) is 3.29. The van der Waals surface area contributed by atoms with Crippen molar-refractivity contribution in [3.8, 4) is 0 Å². The van der Waals surface area contributed by atoms with Crippen molar-refractivity contribution in [1.29, 1.82) is 0 Å². The Hall–Kier alpha value is -1.90. The summed E-state index contributed by atoms with van der Waals surface area (Å²) in [6.07, 6.45) is 2.49. The van der Waals surface area contributed by atoms with Crippen LogP contribution in [0.3, 0.4) is 0 Å². The minimum Gasteiger partial charge on any atom is -0.466 e. The van der Waals surface area contributed by atoms with E-state index in [1.807, 2.05) is 44.2 Å². The third-order valence-corrected chi connectivity index (χ3v) is 3.03. The fourth-order valence-corrected chi connectivity index (χ4v) is 2.19. The van der Waals surface area contributed by atoms with E-state index in [9.17, 15) is 4.79 Å². The standard InChI is InChI=1S/C15H17NO2/c1-3-11(15(17)18-4-2)12-7-5-9-14-13(12)8-6-10-16-14/h5-11H,3-4H2,1-2H3. The monoisotopic (exact) mass is 243 g/mol. The molecule has 0 fully saturated rings. The molecule has 1 unspecified atom stereocenters. The first-order valence-electron chi connectivity index (χ1n) is 6.28. The van der Waals surface area contributed by atoms with E-state index in [-0.39, 0.29) is 11.9 Å². The molecule has 3 nitrogen and oxygen atoms in total. The van der Waals surface area contributed by atoms with Gasteiger partial charge in [-0.2, -0.15) is 0 Å². The number of pyridine rings is 1. The summed E-state index contributed by atoms with van der Waals surface area (Å²) in [5, 5.41) is 1.03. The van der Waals surface area contributed by atoms with E-state index in [0.29, 0.717) is 6.61 Å². The average molecular weight is 243 g/mol. The van der Waals surface area contributed by atoms with Gasteiger partial charge in [0.25, 0.3) is 0 Å². The van der Waals surface area contributed by atoms with Crippen molar-refractivity contribution in [2.24, 2.45) is 0 Å². The molecule has 1 heterocycles. The first-order valence-corrected chi connectivity index (χ1v) is 6.28. The van der Waals surface area contributed by atoms with Crippen molar-refractivity contribution < 1.29 is 9.53 Å². The maximum absolute atomic E-state index is 12.0. The molecule has 0 N–H and O–H groups in total. The average Bonchev–Trinajstić information content (AvgIpc) is 2.40. The molecule has 3 heteroatoms. The Balaban J connectivity index is 2.48. The Labute approximate surface area is 107 Å². The van der Waals surface area contributed by atoms with Crippen LogP contribution in [0.15, 0.2) is 36.5 Å². The first-order chi connectivity index (χ1) is 8.77. The molecule has 0 saturated heterocycles. The maximum atomic E-state index is 12.0. The van der Waals surface area contributed by atoms with Gasteiger partial charge in [-0.05, 0) is 31.0 Å². The van der Waals surface area contributed by atoms with E-state index in [1.165, 1.54) is 0 Å². The maximum Gasteiger partial charge on any atom is 0.313 e. The van der Waals surface area contributed by atoms with Crippen LogP contribution in [-0.4, -0.2) is 17.6 Å². The summed E-state index contributed by atoms with van der Waals surface area (Å²) in [7, 11) is 0. The lowest BCUT2D eigenvalue weighted by Gasteiger charge is -2.15. The summed E-state index contributed by atoms with van der Waals surface area (Å²) in [6.45, 7) is 4.24. The van der Waals surface area contributed by atoms with Crippen molar-refractivity contribution in [2.75, 3.05) is 6.61 Å². The SMILES string of the molecule is CCOC(=O)C(CC)c1cccc2ncccc12. The number of fused-ring (bicyclic) bond motifs is 1. The number of carbonyl (C=O) groups is 1. The molecule has 1 aromatic carbocycles. The van der Waals surface area contributed by atoms with E-state index in [2.05, 4.69) is 4.98 Å². The van der Waals surface area contributed by atoms with Gasteiger partial charge in [0.2, 0.25) is 0 Å². The third-order valence-electron chi connectivity index (χ3n) is 3.03. The molecule has 0 aliphatic rings. The van der Waals surface area contributed by atoms with Crippen molar-refractivity contribution in [1.82, 2.24) is 4.98 Å². The van der Waals surface area contributed by atoms with Crippen LogP contribution in [0.5, 0.6) is 0 Å². The van der Waals surface area contributed by atoms with Crippen molar-refractivity contribution in [3.05, 3.63) is 42.1 Å². The van der Waals surface area contributed by atoms with Crippen LogP contribution in [0.25, 0.3) is 10.9 Å². The Morgan fingerprint density at radius 1 is 1.28 bits per heavy atom. The number of benzene rings is 1. The number of esters is 1. The molecule has 0 radical (unpaired) electrons. The second-order valence-corrected chi connectivity index (χ2v) is 4.13. The third kappa shape index (κ3) is 2.35. The van der Waals surface area contributed by atoms with E-state index in [0.717, 1.165) is 22.9 Å². The normalized spacial score (nSPS) is 12.3. The highest BCUT2D eigenvalue weighted by Crippen LogP contribution is 2.27. The van der Waals surface area contributed by atoms with Gasteiger partial charge in [-0.3, -0.25) is 9.78 Å². The fraction of sp³-hybridized carbons (Fsp3) is 0.333. The first kappa shape index (κ1) is 12.6. The van der Waals surface area contributed by atoms with Gasteiger partial charge < -0.3 is 4.74 Å². The molecule has 2 aromatic rings. The lowest BCUT2D eigenvalue weighted by atomic mass is 9.93. The zero-order chi connectivity index (χ0) is 13.0. The molecule has 1 aromatic heterocycles. The van der Waals surface area contributed by atoms with Crippen LogP contribution in [-0.2, 0) is 9.53 Å². The minimum absolute atomic E-state index is 0.156. The minimum atomic E-state index is -0.210. The lowest BCUT2D eigenvalue weighted by Crippen LogP contribution is -2.15. The summed E-state index contributed by atoms with van der Waals surface area (Å²) in [4.78, 5) is 16.3. The van der Waals surface area contributed by atoms with Crippen molar-refractivity contribution in [3.63, 3.8) is 0 Å². The van der Waals surface area contributed by atoms with Crippen LogP contribution in [0.1, 0.15) is 31.7 Å². The second kappa shape index (κ2) is 5.63. The summed E-state index contributed by atoms with van der Waals surface area (Å²) in [5.41, 5.74) is 1.92. The highest BCUT2D eigenvalue weighted by Gasteiger charge is 2.21. The van der Waals surface area contributed by atoms with Gasteiger partial charge in [0.15, 0.2) is 0 Å². The fourth-order valence-electron chi connectivity index (χ4n) is 2.19. The second-order valence-electron chi connectivity index (χ2n) is 4.13. The van der Waals surface area contributed by atoms with Gasteiger partial charge in [-0.1, -0.05) is 25.1 Å². The highest BCUT2D eigenvalue weighted by molar-refractivity contribution is 5.89. The molecule has 94 valence electrons. The van der Waals surface area contributed by atoms with Crippen LogP contribution in [0.4, 0.5) is 0 Å². The molecule has 2 rings (SSSR count). The van der Waals surface area contributed by atoms with Crippen molar-refractivity contribution >= 4 is 16.9 Å². The lowest BCUT2D eigenvalue weighted by molar-refractivity contribution is -0.145. The Morgan fingerprint density at radius 3 is 2.83 bits per heavy atom. The van der Waals surface area contributed by atoms with Gasteiger partial charge in [-0.15, -0.1) is 0 Å². The number of hydrogen-bond acceptors (Lipinski definition) is 3. The number of hydrogen-bond donors (Lipinski definition) is 0. The van der Waals surface area contributed by atoms with E-state index in [1.54, 1.807) is 6.20 Å². The van der Waals surface area contributed by atoms with Gasteiger partial charge in [0.05, 0.1) is 18.0 Å². The summed E-state index contributed by atoms with van der Waals surface area (Å²) < 4.78 is 5.14. The number of carbonyl (C=O) groups excluding carboxylic acids is 1. The molecule has 0 aliphatic carbocycles. The van der Waals surface area contributed by atoms with Gasteiger partial charge in [0.1, 0.15) is 0 Å². The van der Waals surface area contributed by atoms with Crippen LogP contribution < -0.4 is 0 Å². The number of ether oxygens (including phenoxy) is 1. The zero-order valence-electron chi connectivity index (χ0n) is 10.7. The number of rotatable bonds is 4. The topological polar surface area (TPSA) is 39.2 Å².